The van der Waals surface area contributed by atoms with Crippen LogP contribution < -0.4 is 14.8 Å². The van der Waals surface area contributed by atoms with Crippen molar-refractivity contribution in [3.8, 4) is 11.5 Å². The van der Waals surface area contributed by atoms with Gasteiger partial charge in [-0.2, -0.15) is 0 Å². The summed E-state index contributed by atoms with van der Waals surface area (Å²) in [6, 6.07) is 12.9. The van der Waals surface area contributed by atoms with Gasteiger partial charge in [-0.05, 0) is 39.0 Å². The minimum Gasteiger partial charge on any atom is -0.491 e. The van der Waals surface area contributed by atoms with Crippen LogP contribution >= 0.6 is 12.4 Å². The minimum absolute atomic E-state index is 0. The summed E-state index contributed by atoms with van der Waals surface area (Å²) in [6.07, 6.45) is 2.71. The van der Waals surface area contributed by atoms with Crippen LogP contribution in [0.15, 0.2) is 83.2 Å². The number of benzene rings is 2. The average molecular weight is 618 g/mol. The van der Waals surface area contributed by atoms with E-state index in [9.17, 15) is 35.0 Å². The normalized spacial score (nSPS) is 15.2. The first kappa shape index (κ1) is 34.8. The minimum atomic E-state index is -1.77. The number of ether oxygens (including phenoxy) is 2. The monoisotopic (exact) mass is 617 g/mol. The van der Waals surface area contributed by atoms with Gasteiger partial charge in [0.2, 0.25) is 0 Å². The van der Waals surface area contributed by atoms with E-state index in [0.717, 1.165) is 6.07 Å². The fourth-order valence-electron chi connectivity index (χ4n) is 4.98. The molecule has 2 aromatic rings. The van der Waals surface area contributed by atoms with Crippen LogP contribution in [0.3, 0.4) is 0 Å². The summed E-state index contributed by atoms with van der Waals surface area (Å²) in [7, 11) is 1.56. The number of allylic oxidation sites excluding steroid dienone is 2. The Morgan fingerprint density at radius 1 is 1.05 bits per heavy atom. The van der Waals surface area contributed by atoms with Gasteiger partial charge in [-0.15, -0.1) is 12.4 Å². The number of carbonyl (C=O) groups is 2. The van der Waals surface area contributed by atoms with Gasteiger partial charge in [-0.3, -0.25) is 10.1 Å². The molecule has 0 fully saturated rings. The molecule has 0 spiro atoms. The van der Waals surface area contributed by atoms with Crippen LogP contribution in [0.5, 0.6) is 11.5 Å². The summed E-state index contributed by atoms with van der Waals surface area (Å²) in [4.78, 5) is 37.5. The third-order valence-electron chi connectivity index (χ3n) is 7.20. The third kappa shape index (κ3) is 7.92. The zero-order valence-electron chi connectivity index (χ0n) is 24.3. The summed E-state index contributed by atoms with van der Waals surface area (Å²) in [5, 5.41) is 45.2. The molecule has 2 aromatic carbocycles. The van der Waals surface area contributed by atoms with E-state index in [1.54, 1.807) is 45.2 Å². The molecule has 4 N–H and O–H groups in total. The number of hydrogen-bond acceptors (Lipinski definition) is 9. The van der Waals surface area contributed by atoms with Gasteiger partial charge >= 0.3 is 11.9 Å². The Morgan fingerprint density at radius 3 is 2.21 bits per heavy atom. The Labute approximate surface area is 255 Å². The van der Waals surface area contributed by atoms with Gasteiger partial charge in [0, 0.05) is 49.2 Å². The molecule has 3 rings (SSSR count). The average Bonchev–Trinajstić information content (AvgIpc) is 2.94. The molecule has 0 aromatic heterocycles. The first-order valence-corrected chi connectivity index (χ1v) is 13.2. The Balaban J connectivity index is 0.00000645. The molecule has 1 aliphatic rings. The number of nitrogens with one attached hydrogen (secondary N) is 1. The van der Waals surface area contributed by atoms with E-state index in [2.05, 4.69) is 5.32 Å². The van der Waals surface area contributed by atoms with Gasteiger partial charge < -0.3 is 35.0 Å². The molecule has 0 aliphatic carbocycles. The molecule has 1 atom stereocenters. The topological polar surface area (TPSA) is 172 Å². The summed E-state index contributed by atoms with van der Waals surface area (Å²) < 4.78 is 11.4. The summed E-state index contributed by atoms with van der Waals surface area (Å²) in [6.45, 7) is 5.37. The van der Waals surface area contributed by atoms with Crippen LogP contribution in [0.25, 0.3) is 0 Å². The van der Waals surface area contributed by atoms with Crippen LogP contribution in [0.2, 0.25) is 0 Å². The van der Waals surface area contributed by atoms with Gasteiger partial charge in [0.1, 0.15) is 30.8 Å². The lowest BCUT2D eigenvalue weighted by atomic mass is 9.66. The Hall–Kier alpha value is -4.39. The van der Waals surface area contributed by atoms with E-state index in [1.807, 2.05) is 18.2 Å². The van der Waals surface area contributed by atoms with Gasteiger partial charge in [0.15, 0.2) is 0 Å². The Morgan fingerprint density at radius 2 is 1.65 bits per heavy atom. The van der Waals surface area contributed by atoms with Crippen molar-refractivity contribution < 1.29 is 39.3 Å². The lowest BCUT2D eigenvalue weighted by Crippen LogP contribution is -2.43. The second-order valence-corrected chi connectivity index (χ2v) is 9.87. The quantitative estimate of drug-likeness (QED) is 0.105. The molecule has 12 nitrogen and oxygen atoms in total. The van der Waals surface area contributed by atoms with E-state index in [4.69, 9.17) is 9.47 Å². The maximum Gasteiger partial charge on any atom is 0.334 e. The molecule has 232 valence electrons. The lowest BCUT2D eigenvalue weighted by Gasteiger charge is -2.41. The molecule has 0 amide bonds. The molecule has 0 saturated carbocycles. The molecule has 0 saturated heterocycles. The highest BCUT2D eigenvalue weighted by molar-refractivity contribution is 6.00. The lowest BCUT2D eigenvalue weighted by molar-refractivity contribution is -0.385. The van der Waals surface area contributed by atoms with E-state index in [1.165, 1.54) is 24.0 Å². The van der Waals surface area contributed by atoms with Crippen LogP contribution in [-0.4, -0.2) is 76.5 Å². The predicted molar refractivity (Wildman–Crippen MR) is 162 cm³/mol. The number of non-ortho nitro benzene ring substituents is 1. The molecule has 1 heterocycles. The molecular formula is C30H36ClN3O9. The fourth-order valence-corrected chi connectivity index (χ4v) is 4.98. The Kier molecular flexibility index (Phi) is 12.3. The molecular weight excluding hydrogens is 582 g/mol. The van der Waals surface area contributed by atoms with Gasteiger partial charge in [-0.25, -0.2) is 9.59 Å². The fraction of sp³-hybridized carbons (Fsp3) is 0.333. The van der Waals surface area contributed by atoms with E-state index < -0.39 is 28.4 Å². The van der Waals surface area contributed by atoms with E-state index >= 15 is 0 Å². The van der Waals surface area contributed by atoms with Gasteiger partial charge in [0.05, 0.1) is 21.5 Å². The molecule has 0 radical (unpaired) electrons. The highest BCUT2D eigenvalue weighted by Crippen LogP contribution is 2.50. The number of para-hydroxylation sites is 1. The van der Waals surface area contributed by atoms with Crippen molar-refractivity contribution in [2.75, 3.05) is 33.4 Å². The molecule has 43 heavy (non-hydrogen) atoms. The highest BCUT2D eigenvalue weighted by Gasteiger charge is 2.50. The maximum absolute atomic E-state index is 12.5. The first-order valence-electron chi connectivity index (χ1n) is 13.2. The number of nitrogens with zero attached hydrogens (tertiary/aromatic N) is 2. The number of nitro benzene ring substituents is 1. The predicted octanol–water partition coefficient (Wildman–Crippen LogP) is 3.90. The van der Waals surface area contributed by atoms with Crippen molar-refractivity contribution >= 4 is 30.0 Å². The summed E-state index contributed by atoms with van der Waals surface area (Å²) >= 11 is 0. The molecule has 1 unspecified atom stereocenters. The number of aliphatic carboxylic acids is 2. The van der Waals surface area contributed by atoms with Gasteiger partial charge in [0.25, 0.3) is 5.69 Å². The van der Waals surface area contributed by atoms with Crippen molar-refractivity contribution in [1.29, 1.82) is 0 Å². The number of nitro groups is 1. The summed E-state index contributed by atoms with van der Waals surface area (Å²) in [5.74, 6) is -1.94. The largest absolute Gasteiger partial charge is 0.491 e. The van der Waals surface area contributed by atoms with Crippen LogP contribution in [-0.2, 0) is 15.0 Å². The number of hydrogen-bond donors (Lipinski definition) is 4. The SMILES string of the molecule is CC1=C(C(=O)O)C(C)(c2cc([N+](=O)[O-])ccc2OC/C=C\CNCC(O)COc2ccccc2)C(C(=O)O)=C(C)N1C.Cl. The van der Waals surface area contributed by atoms with Crippen molar-refractivity contribution in [1.82, 2.24) is 10.2 Å². The van der Waals surface area contributed by atoms with Crippen LogP contribution in [0.1, 0.15) is 26.3 Å². The standard InChI is InChI=1S/C30H35N3O9.ClH/c1-19-26(28(35)36)30(3,27(29(37)38)20(2)32(19)4)24-16-21(33(39)40)12-13-25(24)41-15-9-8-14-31-17-22(34)18-42-23-10-6-5-7-11-23;/h5-13,16,22,31,34H,14-15,17-18H2,1-4H3,(H,35,36)(H,37,38);1H/b9-8-;. The number of carboxylic acid groups (broad SMARTS) is 2. The first-order chi connectivity index (χ1) is 19.9. The van der Waals surface area contributed by atoms with Crippen LogP contribution in [0.4, 0.5) is 5.69 Å². The Bertz CT molecular complexity index is 1390. The highest BCUT2D eigenvalue weighted by atomic mass is 35.5. The van der Waals surface area contributed by atoms with Gasteiger partial charge in [-0.1, -0.05) is 30.4 Å². The molecule has 0 bridgehead atoms. The van der Waals surface area contributed by atoms with Crippen molar-refractivity contribution in [3.63, 3.8) is 0 Å². The zero-order valence-corrected chi connectivity index (χ0v) is 25.1. The third-order valence-corrected chi connectivity index (χ3v) is 7.20. The molecule has 1 aliphatic heterocycles. The summed E-state index contributed by atoms with van der Waals surface area (Å²) in [5.41, 5.74) is -1.92. The van der Waals surface area contributed by atoms with E-state index in [0.29, 0.717) is 23.7 Å². The second kappa shape index (κ2) is 15.2. The van der Waals surface area contributed by atoms with Crippen LogP contribution in [0, 0.1) is 10.1 Å². The number of aliphatic hydroxyl groups is 1. The van der Waals surface area contributed by atoms with Crippen molar-refractivity contribution in [2.45, 2.75) is 32.3 Å². The van der Waals surface area contributed by atoms with Crippen molar-refractivity contribution in [3.05, 3.63) is 98.9 Å². The smallest absolute Gasteiger partial charge is 0.334 e. The van der Waals surface area contributed by atoms with Crippen molar-refractivity contribution in [2.24, 2.45) is 0 Å². The number of halogens is 1. The molecule has 13 heteroatoms. The zero-order chi connectivity index (χ0) is 31.0. The number of carboxylic acids is 2. The van der Waals surface area contributed by atoms with E-state index in [-0.39, 0.29) is 60.3 Å². The second-order valence-electron chi connectivity index (χ2n) is 9.87. The number of aliphatic hydroxyl groups excluding tert-OH is 1. The maximum atomic E-state index is 12.5. The number of rotatable bonds is 14.